The summed E-state index contributed by atoms with van der Waals surface area (Å²) >= 11 is 13.2. The number of hydrogen-bond donors (Lipinski definition) is 2. The molecule has 1 aliphatic rings. The number of carboxylic acids is 1. The molecule has 0 saturated heterocycles. The van der Waals surface area contributed by atoms with Crippen molar-refractivity contribution in [2.45, 2.75) is 44.8 Å². The standard InChI is InChI=1S/C22H23Cl2NO4/c1-22(2,11-14-5-3-4-6-16(14)23)20(24)13-7-8-17-15(9-13)12-29-18(10-19(26)27)21(28)25-17/h3-9,18,20H,10-12H2,1-2H3,(H,25,28)(H,26,27)/t18-,20?/m0/s1. The molecule has 2 aromatic rings. The second-order valence-corrected chi connectivity index (χ2v) is 8.77. The van der Waals surface area contributed by atoms with Crippen molar-refractivity contribution < 1.29 is 19.4 Å². The first-order valence-electron chi connectivity index (χ1n) is 9.32. The number of alkyl halides is 1. The summed E-state index contributed by atoms with van der Waals surface area (Å²) in [6.07, 6.45) is -0.701. The Morgan fingerprint density at radius 3 is 2.72 bits per heavy atom. The van der Waals surface area contributed by atoms with Crippen LogP contribution in [0.4, 0.5) is 5.69 Å². The van der Waals surface area contributed by atoms with Crippen LogP contribution in [0.3, 0.4) is 0 Å². The Kier molecular flexibility index (Phi) is 6.52. The van der Waals surface area contributed by atoms with E-state index in [4.69, 9.17) is 33.0 Å². The van der Waals surface area contributed by atoms with Gasteiger partial charge in [-0.3, -0.25) is 9.59 Å². The van der Waals surface area contributed by atoms with Gasteiger partial charge >= 0.3 is 5.97 Å². The number of halogens is 2. The Bertz CT molecular complexity index is 929. The molecule has 3 rings (SSSR count). The number of carbonyl (C=O) groups is 2. The number of aliphatic carboxylic acids is 1. The summed E-state index contributed by atoms with van der Waals surface area (Å²) in [5.74, 6) is -1.54. The molecule has 2 atom stereocenters. The molecule has 2 N–H and O–H groups in total. The first-order valence-corrected chi connectivity index (χ1v) is 10.1. The molecule has 7 heteroatoms. The number of benzene rings is 2. The Balaban J connectivity index is 1.80. The molecule has 1 unspecified atom stereocenters. The number of fused-ring (bicyclic) bond motifs is 1. The molecule has 154 valence electrons. The van der Waals surface area contributed by atoms with E-state index < -0.39 is 18.0 Å². The Morgan fingerprint density at radius 1 is 1.31 bits per heavy atom. The molecule has 0 spiro atoms. The molecule has 0 radical (unpaired) electrons. The first kappa shape index (κ1) is 21.6. The fraction of sp³-hybridized carbons (Fsp3) is 0.364. The number of nitrogens with one attached hydrogen (secondary N) is 1. The highest BCUT2D eigenvalue weighted by molar-refractivity contribution is 6.31. The summed E-state index contributed by atoms with van der Waals surface area (Å²) < 4.78 is 5.53. The number of carbonyl (C=O) groups excluding carboxylic acids is 1. The fourth-order valence-electron chi connectivity index (χ4n) is 3.48. The average Bonchev–Trinajstić information content (AvgIpc) is 2.81. The van der Waals surface area contributed by atoms with E-state index in [1.54, 1.807) is 6.07 Å². The van der Waals surface area contributed by atoms with E-state index in [9.17, 15) is 9.59 Å². The quantitative estimate of drug-likeness (QED) is 0.611. The third-order valence-electron chi connectivity index (χ3n) is 5.06. The molecule has 0 aromatic heterocycles. The monoisotopic (exact) mass is 435 g/mol. The lowest BCUT2D eigenvalue weighted by Gasteiger charge is -2.31. The van der Waals surface area contributed by atoms with Gasteiger partial charge in [0.25, 0.3) is 5.91 Å². The highest BCUT2D eigenvalue weighted by Crippen LogP contribution is 2.43. The Morgan fingerprint density at radius 2 is 2.03 bits per heavy atom. The van der Waals surface area contributed by atoms with Crippen molar-refractivity contribution in [2.75, 3.05) is 5.32 Å². The van der Waals surface area contributed by atoms with E-state index in [1.807, 2.05) is 36.4 Å². The van der Waals surface area contributed by atoms with E-state index in [-0.39, 0.29) is 23.8 Å². The van der Waals surface area contributed by atoms with Crippen LogP contribution in [0.25, 0.3) is 0 Å². The van der Waals surface area contributed by atoms with Gasteiger partial charge in [0.1, 0.15) is 6.10 Å². The van der Waals surface area contributed by atoms with Crippen molar-refractivity contribution in [2.24, 2.45) is 5.41 Å². The molecule has 5 nitrogen and oxygen atoms in total. The number of anilines is 1. The minimum absolute atomic E-state index is 0.133. The van der Waals surface area contributed by atoms with Crippen molar-refractivity contribution in [1.29, 1.82) is 0 Å². The lowest BCUT2D eigenvalue weighted by Crippen LogP contribution is -2.30. The maximum atomic E-state index is 12.2. The summed E-state index contributed by atoms with van der Waals surface area (Å²) in [7, 11) is 0. The van der Waals surface area contributed by atoms with Gasteiger partial charge < -0.3 is 15.2 Å². The van der Waals surface area contributed by atoms with Gasteiger partial charge in [-0.05, 0) is 41.2 Å². The molecule has 0 aliphatic carbocycles. The van der Waals surface area contributed by atoms with Gasteiger partial charge in [-0.2, -0.15) is 0 Å². The molecule has 1 aliphatic heterocycles. The van der Waals surface area contributed by atoms with Crippen molar-refractivity contribution in [3.8, 4) is 0 Å². The number of amides is 1. The van der Waals surface area contributed by atoms with Crippen LogP contribution in [0.5, 0.6) is 0 Å². The molecule has 1 amide bonds. The highest BCUT2D eigenvalue weighted by Gasteiger charge is 2.32. The van der Waals surface area contributed by atoms with Crippen LogP contribution >= 0.6 is 23.2 Å². The van der Waals surface area contributed by atoms with E-state index in [0.29, 0.717) is 17.1 Å². The third-order valence-corrected chi connectivity index (χ3v) is 6.27. The van der Waals surface area contributed by atoms with Gasteiger partial charge in [-0.15, -0.1) is 11.6 Å². The second kappa shape index (κ2) is 8.74. The smallest absolute Gasteiger partial charge is 0.306 e. The maximum Gasteiger partial charge on any atom is 0.306 e. The predicted octanol–water partition coefficient (Wildman–Crippen LogP) is 5.20. The second-order valence-electron chi connectivity index (χ2n) is 7.92. The van der Waals surface area contributed by atoms with Crippen LogP contribution in [-0.2, 0) is 27.4 Å². The van der Waals surface area contributed by atoms with Crippen LogP contribution in [-0.4, -0.2) is 23.1 Å². The molecule has 1 heterocycles. The summed E-state index contributed by atoms with van der Waals surface area (Å²) in [4.78, 5) is 23.1. The number of ether oxygens (including phenoxy) is 1. The van der Waals surface area contributed by atoms with Crippen molar-refractivity contribution >= 4 is 40.8 Å². The predicted molar refractivity (Wildman–Crippen MR) is 113 cm³/mol. The van der Waals surface area contributed by atoms with Gasteiger partial charge in [0.05, 0.1) is 18.4 Å². The lowest BCUT2D eigenvalue weighted by molar-refractivity contribution is -0.144. The third kappa shape index (κ3) is 5.10. The Hall–Kier alpha value is -2.08. The lowest BCUT2D eigenvalue weighted by atomic mass is 9.79. The van der Waals surface area contributed by atoms with Crippen LogP contribution in [0.15, 0.2) is 42.5 Å². The van der Waals surface area contributed by atoms with E-state index >= 15 is 0 Å². The van der Waals surface area contributed by atoms with E-state index in [1.165, 1.54) is 0 Å². The summed E-state index contributed by atoms with van der Waals surface area (Å²) in [5.41, 5.74) is 3.02. The summed E-state index contributed by atoms with van der Waals surface area (Å²) in [6.45, 7) is 4.30. The van der Waals surface area contributed by atoms with Crippen molar-refractivity contribution in [3.63, 3.8) is 0 Å². The molecule has 2 aromatic carbocycles. The number of rotatable bonds is 6. The largest absolute Gasteiger partial charge is 0.481 e. The molecule has 0 bridgehead atoms. The zero-order valence-corrected chi connectivity index (χ0v) is 17.8. The summed E-state index contributed by atoms with van der Waals surface area (Å²) in [5, 5.41) is 12.1. The van der Waals surface area contributed by atoms with Crippen LogP contribution < -0.4 is 5.32 Å². The SMILES string of the molecule is CC(C)(Cc1ccccc1Cl)C(Cl)c1ccc2c(c1)CO[C@@H](CC(=O)O)C(=O)N2. The van der Waals surface area contributed by atoms with E-state index in [2.05, 4.69) is 19.2 Å². The summed E-state index contributed by atoms with van der Waals surface area (Å²) in [6, 6.07) is 13.3. The topological polar surface area (TPSA) is 75.6 Å². The van der Waals surface area contributed by atoms with E-state index in [0.717, 1.165) is 16.7 Å². The maximum absolute atomic E-state index is 12.2. The highest BCUT2D eigenvalue weighted by atomic mass is 35.5. The number of carboxylic acid groups (broad SMARTS) is 1. The van der Waals surface area contributed by atoms with Crippen LogP contribution in [0.2, 0.25) is 5.02 Å². The minimum atomic E-state index is -1.08. The molecule has 0 fully saturated rings. The van der Waals surface area contributed by atoms with Gasteiger partial charge in [-0.1, -0.05) is 49.7 Å². The van der Waals surface area contributed by atoms with Gasteiger partial charge in [-0.25, -0.2) is 0 Å². The van der Waals surface area contributed by atoms with Gasteiger partial charge in [0, 0.05) is 16.3 Å². The molecule has 0 saturated carbocycles. The number of hydrogen-bond acceptors (Lipinski definition) is 3. The van der Waals surface area contributed by atoms with Crippen LogP contribution in [0.1, 0.15) is 42.3 Å². The van der Waals surface area contributed by atoms with Crippen molar-refractivity contribution in [3.05, 3.63) is 64.2 Å². The first-order chi connectivity index (χ1) is 13.7. The average molecular weight is 436 g/mol. The van der Waals surface area contributed by atoms with Gasteiger partial charge in [0.15, 0.2) is 0 Å². The van der Waals surface area contributed by atoms with Crippen LogP contribution in [0, 0.1) is 5.41 Å². The Labute approximate surface area is 180 Å². The minimum Gasteiger partial charge on any atom is -0.481 e. The molecular formula is C22H23Cl2NO4. The zero-order valence-electron chi connectivity index (χ0n) is 16.2. The molecule has 29 heavy (non-hydrogen) atoms. The normalized spacial score (nSPS) is 17.8. The van der Waals surface area contributed by atoms with Crippen molar-refractivity contribution in [1.82, 2.24) is 0 Å². The fourth-order valence-corrected chi connectivity index (χ4v) is 3.89. The zero-order chi connectivity index (χ0) is 21.2. The van der Waals surface area contributed by atoms with Gasteiger partial charge in [0.2, 0.25) is 0 Å². The molecular weight excluding hydrogens is 413 g/mol.